The number of rotatable bonds is 5. The number of piperazine rings is 1. The fourth-order valence-corrected chi connectivity index (χ4v) is 5.42. The molecule has 3 aliphatic heterocycles. The van der Waals surface area contributed by atoms with Crippen LogP contribution < -0.4 is 9.64 Å². The molecule has 0 saturated carbocycles. The van der Waals surface area contributed by atoms with Gasteiger partial charge >= 0.3 is 0 Å². The summed E-state index contributed by atoms with van der Waals surface area (Å²) in [6, 6.07) is 13.2. The predicted octanol–water partition coefficient (Wildman–Crippen LogP) is 3.26. The largest absolute Gasteiger partial charge is 0.481 e. The minimum Gasteiger partial charge on any atom is -0.481 e. The molecule has 2 bridgehead atoms. The van der Waals surface area contributed by atoms with E-state index in [1.807, 2.05) is 36.7 Å². The molecule has 4 aromatic heterocycles. The number of aliphatic hydroxyl groups is 1. The second-order valence-corrected chi connectivity index (χ2v) is 10.6. The quantitative estimate of drug-likeness (QED) is 0.401. The number of fused-ring (bicyclic) bond motifs is 3. The van der Waals surface area contributed by atoms with Crippen molar-refractivity contribution < 1.29 is 9.84 Å². The average Bonchev–Trinajstić information content (AvgIpc) is 3.37. The highest BCUT2D eigenvalue weighted by atomic mass is 16.5. The molecular weight excluding hydrogens is 490 g/mol. The van der Waals surface area contributed by atoms with Crippen molar-refractivity contribution in [3.05, 3.63) is 71.8 Å². The van der Waals surface area contributed by atoms with Gasteiger partial charge in [-0.25, -0.2) is 14.5 Å². The highest BCUT2D eigenvalue weighted by molar-refractivity contribution is 5.85. The summed E-state index contributed by atoms with van der Waals surface area (Å²) in [4.78, 5) is 14.1. The van der Waals surface area contributed by atoms with Gasteiger partial charge in [0.2, 0.25) is 5.88 Å². The molecule has 7 rings (SSSR count). The van der Waals surface area contributed by atoms with Crippen molar-refractivity contribution in [2.24, 2.45) is 0 Å². The number of methoxy groups -OCH3 is 1. The normalized spacial score (nSPS) is 18.7. The first-order valence-electron chi connectivity index (χ1n) is 12.9. The maximum absolute atomic E-state index is 10.0. The SMILES string of the molecule is COc1ccc(CN2C3CC2CN(c2ccc(-c4cc(C#CC(C)(C)O)cn5ncc(C#N)c45)cn2)C3)cn1. The maximum Gasteiger partial charge on any atom is 0.212 e. The van der Waals surface area contributed by atoms with Gasteiger partial charge in [0.15, 0.2) is 0 Å². The molecule has 7 heterocycles. The number of pyridine rings is 3. The van der Waals surface area contributed by atoms with Crippen molar-refractivity contribution >= 4 is 11.3 Å². The van der Waals surface area contributed by atoms with Crippen LogP contribution in [0.25, 0.3) is 16.6 Å². The summed E-state index contributed by atoms with van der Waals surface area (Å²) >= 11 is 0. The fraction of sp³-hybridized carbons (Fsp3) is 0.333. The highest BCUT2D eigenvalue weighted by Crippen LogP contribution is 2.36. The van der Waals surface area contributed by atoms with Crippen molar-refractivity contribution in [2.45, 2.75) is 44.5 Å². The molecule has 4 aromatic rings. The summed E-state index contributed by atoms with van der Waals surface area (Å²) in [5, 5.41) is 24.1. The molecule has 2 unspecified atom stereocenters. The Morgan fingerprint density at radius 1 is 1.10 bits per heavy atom. The minimum atomic E-state index is -1.11. The van der Waals surface area contributed by atoms with Crippen LogP contribution in [0.2, 0.25) is 0 Å². The Kier molecular flexibility index (Phi) is 6.19. The molecule has 3 fully saturated rings. The van der Waals surface area contributed by atoms with Crippen molar-refractivity contribution in [3.8, 4) is 34.9 Å². The molecule has 39 heavy (non-hydrogen) atoms. The second kappa shape index (κ2) is 9.70. The molecule has 196 valence electrons. The van der Waals surface area contributed by atoms with Gasteiger partial charge in [0.25, 0.3) is 0 Å². The van der Waals surface area contributed by atoms with E-state index in [1.165, 1.54) is 12.0 Å². The van der Waals surface area contributed by atoms with Gasteiger partial charge in [-0.1, -0.05) is 17.9 Å². The van der Waals surface area contributed by atoms with Gasteiger partial charge in [0, 0.05) is 73.1 Å². The van der Waals surface area contributed by atoms with E-state index in [-0.39, 0.29) is 0 Å². The van der Waals surface area contributed by atoms with E-state index in [0.717, 1.165) is 36.6 Å². The third-order valence-corrected chi connectivity index (χ3v) is 7.34. The summed E-state index contributed by atoms with van der Waals surface area (Å²) in [6.07, 6.45) is 8.28. The maximum atomic E-state index is 10.0. The summed E-state index contributed by atoms with van der Waals surface area (Å²) < 4.78 is 6.84. The topological polar surface area (TPSA) is 103 Å². The fourth-order valence-electron chi connectivity index (χ4n) is 5.42. The third-order valence-electron chi connectivity index (χ3n) is 7.34. The molecule has 9 heteroatoms. The number of aromatic nitrogens is 4. The van der Waals surface area contributed by atoms with E-state index in [2.05, 4.69) is 43.9 Å². The predicted molar refractivity (Wildman–Crippen MR) is 147 cm³/mol. The van der Waals surface area contributed by atoms with Crippen LogP contribution in [0.1, 0.15) is 37.0 Å². The van der Waals surface area contributed by atoms with Gasteiger partial charge in [-0.15, -0.1) is 0 Å². The van der Waals surface area contributed by atoms with Gasteiger partial charge in [-0.05, 0) is 44.0 Å². The van der Waals surface area contributed by atoms with Crippen molar-refractivity contribution in [2.75, 3.05) is 25.1 Å². The van der Waals surface area contributed by atoms with Crippen LogP contribution >= 0.6 is 0 Å². The lowest BCUT2D eigenvalue weighted by Crippen LogP contribution is -2.68. The zero-order valence-corrected chi connectivity index (χ0v) is 22.2. The molecule has 0 amide bonds. The van der Waals surface area contributed by atoms with Crippen molar-refractivity contribution in [1.29, 1.82) is 5.26 Å². The van der Waals surface area contributed by atoms with Crippen molar-refractivity contribution in [1.82, 2.24) is 24.5 Å². The lowest BCUT2D eigenvalue weighted by atomic mass is 9.87. The number of anilines is 1. The van der Waals surface area contributed by atoms with E-state index >= 15 is 0 Å². The Labute approximate surface area is 227 Å². The van der Waals surface area contributed by atoms with Gasteiger partial charge in [-0.3, -0.25) is 4.90 Å². The zero-order chi connectivity index (χ0) is 27.1. The summed E-state index contributed by atoms with van der Waals surface area (Å²) in [7, 11) is 1.63. The third kappa shape index (κ3) is 4.90. The summed E-state index contributed by atoms with van der Waals surface area (Å²) in [6.45, 7) is 6.04. The number of nitrogens with zero attached hydrogens (tertiary/aromatic N) is 7. The molecule has 0 radical (unpaired) electrons. The Morgan fingerprint density at radius 2 is 1.92 bits per heavy atom. The van der Waals surface area contributed by atoms with Gasteiger partial charge < -0.3 is 14.7 Å². The van der Waals surface area contributed by atoms with Crippen LogP contribution in [0.5, 0.6) is 5.88 Å². The molecule has 0 aliphatic carbocycles. The number of ether oxygens (including phenoxy) is 1. The molecular formula is C30H29N7O2. The number of hydrogen-bond donors (Lipinski definition) is 1. The Bertz CT molecular complexity index is 1610. The lowest BCUT2D eigenvalue weighted by Gasteiger charge is -2.56. The molecule has 3 aliphatic rings. The smallest absolute Gasteiger partial charge is 0.212 e. The van der Waals surface area contributed by atoms with Crippen LogP contribution in [-0.4, -0.2) is 67.5 Å². The first-order chi connectivity index (χ1) is 18.8. The molecule has 1 N–H and O–H groups in total. The van der Waals surface area contributed by atoms with Crippen LogP contribution in [0.3, 0.4) is 0 Å². The molecule has 0 spiro atoms. The molecule has 2 atom stereocenters. The lowest BCUT2D eigenvalue weighted by molar-refractivity contribution is -0.00876. The van der Waals surface area contributed by atoms with Gasteiger partial charge in [-0.2, -0.15) is 10.4 Å². The summed E-state index contributed by atoms with van der Waals surface area (Å²) in [5.74, 6) is 7.46. The molecule has 9 nitrogen and oxygen atoms in total. The highest BCUT2D eigenvalue weighted by Gasteiger charge is 2.44. The van der Waals surface area contributed by atoms with Crippen LogP contribution in [0.4, 0.5) is 5.82 Å². The Hall–Kier alpha value is -4.44. The van der Waals surface area contributed by atoms with Crippen LogP contribution in [0.15, 0.2) is 55.1 Å². The van der Waals surface area contributed by atoms with Gasteiger partial charge in [0.1, 0.15) is 17.5 Å². The summed E-state index contributed by atoms with van der Waals surface area (Å²) in [5.41, 5.74) is 3.67. The zero-order valence-electron chi connectivity index (χ0n) is 22.2. The Morgan fingerprint density at radius 3 is 2.56 bits per heavy atom. The minimum absolute atomic E-state index is 0.486. The number of hydrogen-bond acceptors (Lipinski definition) is 8. The van der Waals surface area contributed by atoms with E-state index in [1.54, 1.807) is 37.9 Å². The second-order valence-electron chi connectivity index (χ2n) is 10.6. The number of nitriles is 1. The van der Waals surface area contributed by atoms with E-state index in [9.17, 15) is 10.4 Å². The molecule has 0 aromatic carbocycles. The standard InChI is InChI=1S/C30H29N7O2/c1-30(2,38)9-8-20-10-26(29-23(12-31)15-34-37(29)17-20)22-5-6-27(32-14-22)35-18-24-11-25(19-35)36(24)16-21-4-7-28(39-3)33-13-21/h4-7,10,13-15,17,24-25,38H,11,16,18-19H2,1-3H3. The van der Waals surface area contributed by atoms with Crippen molar-refractivity contribution in [3.63, 3.8) is 0 Å². The first-order valence-corrected chi connectivity index (χ1v) is 12.9. The van der Waals surface area contributed by atoms with Gasteiger partial charge in [0.05, 0.1) is 24.4 Å². The van der Waals surface area contributed by atoms with Crippen LogP contribution in [-0.2, 0) is 6.54 Å². The monoisotopic (exact) mass is 519 g/mol. The van der Waals surface area contributed by atoms with E-state index in [4.69, 9.17) is 9.72 Å². The molecule has 3 saturated heterocycles. The van der Waals surface area contributed by atoms with E-state index in [0.29, 0.717) is 34.6 Å². The van der Waals surface area contributed by atoms with Crippen LogP contribution in [0, 0.1) is 23.2 Å². The Balaban J connectivity index is 1.22. The average molecular weight is 520 g/mol. The van der Waals surface area contributed by atoms with E-state index < -0.39 is 5.60 Å². The first kappa shape index (κ1) is 24.9. The number of piperidine rings is 1.